The topological polar surface area (TPSA) is 53.6 Å². The van der Waals surface area contributed by atoms with E-state index in [2.05, 4.69) is 41.0 Å². The summed E-state index contributed by atoms with van der Waals surface area (Å²) in [5.74, 6) is 0. The second-order valence-electron chi connectivity index (χ2n) is 4.29. The maximum absolute atomic E-state index is 4.42. The molecule has 2 heterocycles. The summed E-state index contributed by atoms with van der Waals surface area (Å²) >= 11 is 0. The summed E-state index contributed by atoms with van der Waals surface area (Å²) in [6.45, 7) is 6.36. The van der Waals surface area contributed by atoms with Gasteiger partial charge in [0.1, 0.15) is 0 Å². The van der Waals surface area contributed by atoms with Crippen molar-refractivity contribution in [3.8, 4) is 11.3 Å². The highest BCUT2D eigenvalue weighted by atomic mass is 14.9. The predicted octanol–water partition coefficient (Wildman–Crippen LogP) is 2.85. The number of hydrogen-bond acceptors (Lipinski definition) is 3. The molecule has 0 aromatic carbocycles. The molecule has 0 fully saturated rings. The van der Waals surface area contributed by atoms with Crippen LogP contribution in [-0.4, -0.2) is 21.0 Å². The zero-order valence-corrected chi connectivity index (χ0v) is 10.5. The Kier molecular flexibility index (Phi) is 3.42. The first kappa shape index (κ1) is 11.6. The average molecular weight is 230 g/mol. The van der Waals surface area contributed by atoms with Gasteiger partial charge in [0.2, 0.25) is 0 Å². The van der Waals surface area contributed by atoms with E-state index in [-0.39, 0.29) is 0 Å². The molecular weight excluding hydrogens is 212 g/mol. The van der Waals surface area contributed by atoms with Gasteiger partial charge in [-0.1, -0.05) is 6.92 Å². The van der Waals surface area contributed by atoms with Crippen molar-refractivity contribution in [3.05, 3.63) is 30.5 Å². The number of pyridine rings is 1. The van der Waals surface area contributed by atoms with E-state index in [0.29, 0.717) is 6.04 Å². The molecule has 0 atom stereocenters. The number of nitrogens with zero attached hydrogens (tertiary/aromatic N) is 2. The third kappa shape index (κ3) is 2.46. The summed E-state index contributed by atoms with van der Waals surface area (Å²) in [5.41, 5.74) is 4.23. The molecule has 0 saturated carbocycles. The van der Waals surface area contributed by atoms with Gasteiger partial charge in [-0.25, -0.2) is 4.98 Å². The van der Waals surface area contributed by atoms with E-state index in [1.54, 1.807) is 6.33 Å². The molecule has 0 radical (unpaired) electrons. The number of imidazole rings is 1. The van der Waals surface area contributed by atoms with Crippen LogP contribution in [0.1, 0.15) is 26.5 Å². The van der Waals surface area contributed by atoms with Crippen LogP contribution in [0.15, 0.2) is 24.8 Å². The number of rotatable bonds is 4. The predicted molar refractivity (Wildman–Crippen MR) is 70.0 cm³/mol. The Morgan fingerprint density at radius 1 is 1.35 bits per heavy atom. The Morgan fingerprint density at radius 2 is 2.18 bits per heavy atom. The monoisotopic (exact) mass is 230 g/mol. The molecule has 0 spiro atoms. The van der Waals surface area contributed by atoms with Gasteiger partial charge in [0.25, 0.3) is 0 Å². The van der Waals surface area contributed by atoms with E-state index in [1.807, 2.05) is 18.5 Å². The van der Waals surface area contributed by atoms with Crippen LogP contribution in [-0.2, 0) is 6.42 Å². The van der Waals surface area contributed by atoms with Crippen molar-refractivity contribution in [1.29, 1.82) is 0 Å². The number of anilines is 1. The van der Waals surface area contributed by atoms with Gasteiger partial charge >= 0.3 is 0 Å². The Balaban J connectivity index is 2.50. The molecule has 4 nitrogen and oxygen atoms in total. The largest absolute Gasteiger partial charge is 0.381 e. The second kappa shape index (κ2) is 4.99. The van der Waals surface area contributed by atoms with Crippen LogP contribution >= 0.6 is 0 Å². The van der Waals surface area contributed by atoms with Crippen molar-refractivity contribution in [1.82, 2.24) is 15.0 Å². The smallest absolute Gasteiger partial charge is 0.0927 e. The number of aryl methyl sites for hydroxylation is 1. The minimum atomic E-state index is 0.377. The summed E-state index contributed by atoms with van der Waals surface area (Å²) in [7, 11) is 0. The minimum absolute atomic E-state index is 0.377. The Bertz CT molecular complexity index is 474. The molecule has 2 aromatic rings. The molecule has 0 bridgehead atoms. The maximum atomic E-state index is 4.42. The zero-order valence-electron chi connectivity index (χ0n) is 10.5. The lowest BCUT2D eigenvalue weighted by atomic mass is 10.1. The number of aromatic amines is 1. The van der Waals surface area contributed by atoms with Crippen LogP contribution in [0.4, 0.5) is 5.69 Å². The lowest BCUT2D eigenvalue weighted by Crippen LogP contribution is -2.13. The minimum Gasteiger partial charge on any atom is -0.381 e. The van der Waals surface area contributed by atoms with E-state index < -0.39 is 0 Å². The third-order valence-electron chi connectivity index (χ3n) is 2.57. The van der Waals surface area contributed by atoms with Crippen LogP contribution in [0, 0.1) is 0 Å². The molecule has 0 unspecified atom stereocenters. The van der Waals surface area contributed by atoms with E-state index in [4.69, 9.17) is 0 Å². The average Bonchev–Trinajstić information content (AvgIpc) is 2.82. The van der Waals surface area contributed by atoms with Crippen molar-refractivity contribution in [2.45, 2.75) is 33.2 Å². The molecule has 17 heavy (non-hydrogen) atoms. The van der Waals surface area contributed by atoms with Gasteiger partial charge in [-0.15, -0.1) is 0 Å². The highest BCUT2D eigenvalue weighted by molar-refractivity contribution is 5.76. The van der Waals surface area contributed by atoms with Gasteiger partial charge in [-0.2, -0.15) is 0 Å². The molecule has 90 valence electrons. The van der Waals surface area contributed by atoms with Gasteiger partial charge in [0, 0.05) is 24.0 Å². The molecule has 2 rings (SSSR count). The Labute approximate surface area is 102 Å². The highest BCUT2D eigenvalue weighted by Crippen LogP contribution is 2.29. The summed E-state index contributed by atoms with van der Waals surface area (Å²) < 4.78 is 0. The standard InChI is InChI=1S/C13H18N4/c1-4-11-13(17-9(2)3)10(5-6-15-11)12-7-14-8-16-12/h5-9,17H,4H2,1-3H3,(H,14,16). The molecular formula is C13H18N4. The zero-order chi connectivity index (χ0) is 12.3. The first-order chi connectivity index (χ1) is 8.22. The van der Waals surface area contributed by atoms with E-state index in [1.165, 1.54) is 0 Å². The highest BCUT2D eigenvalue weighted by Gasteiger charge is 2.12. The second-order valence-corrected chi connectivity index (χ2v) is 4.29. The van der Waals surface area contributed by atoms with Crippen molar-refractivity contribution in [2.24, 2.45) is 0 Å². The first-order valence-electron chi connectivity index (χ1n) is 5.96. The molecule has 0 aliphatic rings. The van der Waals surface area contributed by atoms with Gasteiger partial charge < -0.3 is 10.3 Å². The van der Waals surface area contributed by atoms with Gasteiger partial charge in [0.05, 0.1) is 23.4 Å². The Hall–Kier alpha value is -1.84. The summed E-state index contributed by atoms with van der Waals surface area (Å²) in [6, 6.07) is 2.38. The molecule has 0 aliphatic heterocycles. The van der Waals surface area contributed by atoms with Crippen molar-refractivity contribution >= 4 is 5.69 Å². The third-order valence-corrected chi connectivity index (χ3v) is 2.57. The van der Waals surface area contributed by atoms with Crippen molar-refractivity contribution in [3.63, 3.8) is 0 Å². The lowest BCUT2D eigenvalue weighted by Gasteiger charge is -2.16. The molecule has 0 amide bonds. The summed E-state index contributed by atoms with van der Waals surface area (Å²) in [5, 5.41) is 3.46. The normalized spacial score (nSPS) is 10.8. The number of aromatic nitrogens is 3. The van der Waals surface area contributed by atoms with E-state index in [0.717, 1.165) is 29.1 Å². The number of hydrogen-bond donors (Lipinski definition) is 2. The molecule has 2 aromatic heterocycles. The van der Waals surface area contributed by atoms with Crippen LogP contribution in [0.25, 0.3) is 11.3 Å². The van der Waals surface area contributed by atoms with Crippen LogP contribution < -0.4 is 5.32 Å². The van der Waals surface area contributed by atoms with Crippen LogP contribution in [0.5, 0.6) is 0 Å². The quantitative estimate of drug-likeness (QED) is 0.849. The molecule has 4 heteroatoms. The SMILES string of the molecule is CCc1nccc(-c2c[nH]cn2)c1NC(C)C. The summed E-state index contributed by atoms with van der Waals surface area (Å²) in [6.07, 6.45) is 6.35. The Morgan fingerprint density at radius 3 is 2.76 bits per heavy atom. The fraction of sp³-hybridized carbons (Fsp3) is 0.385. The van der Waals surface area contributed by atoms with Gasteiger partial charge in [-0.3, -0.25) is 4.98 Å². The van der Waals surface area contributed by atoms with Crippen molar-refractivity contribution < 1.29 is 0 Å². The van der Waals surface area contributed by atoms with Gasteiger partial charge in [-0.05, 0) is 26.3 Å². The summed E-state index contributed by atoms with van der Waals surface area (Å²) in [4.78, 5) is 11.7. The van der Waals surface area contributed by atoms with Gasteiger partial charge in [0.15, 0.2) is 0 Å². The maximum Gasteiger partial charge on any atom is 0.0927 e. The molecule has 2 N–H and O–H groups in total. The number of nitrogens with one attached hydrogen (secondary N) is 2. The van der Waals surface area contributed by atoms with E-state index in [9.17, 15) is 0 Å². The van der Waals surface area contributed by atoms with E-state index >= 15 is 0 Å². The fourth-order valence-corrected chi connectivity index (χ4v) is 1.84. The first-order valence-corrected chi connectivity index (χ1v) is 5.96. The van der Waals surface area contributed by atoms with Crippen molar-refractivity contribution in [2.75, 3.05) is 5.32 Å². The fourth-order valence-electron chi connectivity index (χ4n) is 1.84. The molecule has 0 aliphatic carbocycles. The van der Waals surface area contributed by atoms with Crippen LogP contribution in [0.3, 0.4) is 0 Å². The number of H-pyrrole nitrogens is 1. The lowest BCUT2D eigenvalue weighted by molar-refractivity contribution is 0.887. The molecule has 0 saturated heterocycles. The van der Waals surface area contributed by atoms with Crippen LogP contribution in [0.2, 0.25) is 0 Å².